The van der Waals surface area contributed by atoms with Crippen LogP contribution in [0.1, 0.15) is 40.0 Å². The zero-order chi connectivity index (χ0) is 14.2. The van der Waals surface area contributed by atoms with E-state index in [0.29, 0.717) is 25.9 Å². The highest BCUT2D eigenvalue weighted by Crippen LogP contribution is 2.01. The van der Waals surface area contributed by atoms with Gasteiger partial charge in [-0.05, 0) is 47.1 Å². The standard InChI is InChI=1S/C11H24N2O4S/c1-11(2,3)13-10(14)17-8-6-5-7-9-18(15,16)12-4/h12H,5-9H2,1-4H3,(H,13,14). The van der Waals surface area contributed by atoms with Crippen molar-refractivity contribution < 1.29 is 17.9 Å². The number of sulfonamides is 1. The number of unbranched alkanes of at least 4 members (excludes halogenated alkanes) is 2. The highest BCUT2D eigenvalue weighted by Gasteiger charge is 2.14. The monoisotopic (exact) mass is 280 g/mol. The number of hydrogen-bond acceptors (Lipinski definition) is 4. The quantitative estimate of drug-likeness (QED) is 0.687. The fourth-order valence-electron chi connectivity index (χ4n) is 1.18. The predicted octanol–water partition coefficient (Wildman–Crippen LogP) is 1.23. The second kappa shape index (κ2) is 7.58. The normalized spacial score (nSPS) is 12.2. The molecule has 0 aromatic rings. The molecule has 0 unspecified atom stereocenters. The molecule has 0 aliphatic carbocycles. The van der Waals surface area contributed by atoms with E-state index >= 15 is 0 Å². The van der Waals surface area contributed by atoms with E-state index < -0.39 is 16.1 Å². The summed E-state index contributed by atoms with van der Waals surface area (Å²) in [6.07, 6.45) is 1.50. The number of hydrogen-bond donors (Lipinski definition) is 2. The first-order valence-electron chi connectivity index (χ1n) is 6.02. The third kappa shape index (κ3) is 10.3. The molecule has 108 valence electrons. The number of carbonyl (C=O) groups is 1. The fraction of sp³-hybridized carbons (Fsp3) is 0.909. The van der Waals surface area contributed by atoms with Gasteiger partial charge in [-0.1, -0.05) is 0 Å². The lowest BCUT2D eigenvalue weighted by molar-refractivity contribution is 0.135. The topological polar surface area (TPSA) is 84.5 Å². The molecule has 0 aliphatic rings. The summed E-state index contributed by atoms with van der Waals surface area (Å²) >= 11 is 0. The molecule has 0 saturated carbocycles. The van der Waals surface area contributed by atoms with Crippen molar-refractivity contribution >= 4 is 16.1 Å². The number of rotatable bonds is 7. The van der Waals surface area contributed by atoms with Crippen molar-refractivity contribution in [3.05, 3.63) is 0 Å². The van der Waals surface area contributed by atoms with Gasteiger partial charge in [0.05, 0.1) is 12.4 Å². The van der Waals surface area contributed by atoms with Gasteiger partial charge in [0.2, 0.25) is 10.0 Å². The van der Waals surface area contributed by atoms with Gasteiger partial charge in [0.25, 0.3) is 0 Å². The minimum Gasteiger partial charge on any atom is -0.450 e. The average Bonchev–Trinajstić information content (AvgIpc) is 2.20. The van der Waals surface area contributed by atoms with Crippen LogP contribution in [0.25, 0.3) is 0 Å². The van der Waals surface area contributed by atoms with Gasteiger partial charge in [0, 0.05) is 5.54 Å². The fourth-order valence-corrected chi connectivity index (χ4v) is 1.97. The van der Waals surface area contributed by atoms with Gasteiger partial charge >= 0.3 is 6.09 Å². The van der Waals surface area contributed by atoms with Crippen molar-refractivity contribution in [2.75, 3.05) is 19.4 Å². The van der Waals surface area contributed by atoms with Gasteiger partial charge in [-0.3, -0.25) is 0 Å². The Morgan fingerprint density at radius 3 is 2.28 bits per heavy atom. The van der Waals surface area contributed by atoms with E-state index in [-0.39, 0.29) is 11.3 Å². The lowest BCUT2D eigenvalue weighted by atomic mass is 10.1. The average molecular weight is 280 g/mol. The molecule has 6 nitrogen and oxygen atoms in total. The molecule has 0 bridgehead atoms. The molecule has 2 N–H and O–H groups in total. The largest absolute Gasteiger partial charge is 0.450 e. The molecule has 0 rings (SSSR count). The Balaban J connectivity index is 3.55. The van der Waals surface area contributed by atoms with E-state index in [9.17, 15) is 13.2 Å². The lowest BCUT2D eigenvalue weighted by Crippen LogP contribution is -2.41. The van der Waals surface area contributed by atoms with Crippen molar-refractivity contribution in [3.8, 4) is 0 Å². The maximum atomic E-state index is 11.3. The number of alkyl carbamates (subject to hydrolysis) is 1. The summed E-state index contributed by atoms with van der Waals surface area (Å²) in [4.78, 5) is 11.3. The van der Waals surface area contributed by atoms with Crippen LogP contribution in [-0.4, -0.2) is 39.5 Å². The van der Waals surface area contributed by atoms with Crippen molar-refractivity contribution in [3.63, 3.8) is 0 Å². The number of ether oxygens (including phenoxy) is 1. The maximum absolute atomic E-state index is 11.3. The second-order valence-corrected chi connectivity index (χ2v) is 7.14. The highest BCUT2D eigenvalue weighted by atomic mass is 32.2. The third-order valence-electron chi connectivity index (χ3n) is 2.08. The zero-order valence-corrected chi connectivity index (χ0v) is 12.4. The summed E-state index contributed by atoms with van der Waals surface area (Å²) < 4.78 is 29.4. The van der Waals surface area contributed by atoms with E-state index in [4.69, 9.17) is 4.74 Å². The summed E-state index contributed by atoms with van der Waals surface area (Å²) in [5, 5.41) is 2.68. The van der Waals surface area contributed by atoms with Crippen LogP contribution in [0.15, 0.2) is 0 Å². The van der Waals surface area contributed by atoms with E-state index in [0.717, 1.165) is 0 Å². The summed E-state index contributed by atoms with van der Waals surface area (Å²) in [5.74, 6) is 0.109. The third-order valence-corrected chi connectivity index (χ3v) is 3.53. The Hall–Kier alpha value is -0.820. The van der Waals surface area contributed by atoms with Crippen LogP contribution in [-0.2, 0) is 14.8 Å². The minimum atomic E-state index is -3.12. The smallest absolute Gasteiger partial charge is 0.407 e. The van der Waals surface area contributed by atoms with E-state index in [1.165, 1.54) is 7.05 Å². The molecular formula is C11H24N2O4S. The summed E-state index contributed by atoms with van der Waals surface area (Å²) in [6, 6.07) is 0. The Labute approximate surface area is 110 Å². The Morgan fingerprint density at radius 2 is 1.78 bits per heavy atom. The van der Waals surface area contributed by atoms with Crippen LogP contribution in [0.5, 0.6) is 0 Å². The molecule has 0 aromatic heterocycles. The van der Waals surface area contributed by atoms with Gasteiger partial charge in [0.15, 0.2) is 0 Å². The molecule has 0 saturated heterocycles. The Morgan fingerprint density at radius 1 is 1.17 bits per heavy atom. The first kappa shape index (κ1) is 17.2. The van der Waals surface area contributed by atoms with Gasteiger partial charge < -0.3 is 10.1 Å². The highest BCUT2D eigenvalue weighted by molar-refractivity contribution is 7.89. The molecule has 0 fully saturated rings. The predicted molar refractivity (Wildman–Crippen MR) is 70.9 cm³/mol. The van der Waals surface area contributed by atoms with Crippen LogP contribution in [0.3, 0.4) is 0 Å². The molecule has 0 atom stereocenters. The SMILES string of the molecule is CNS(=O)(=O)CCCCCOC(=O)NC(C)(C)C. The molecule has 0 aromatic carbocycles. The lowest BCUT2D eigenvalue weighted by Gasteiger charge is -2.19. The minimum absolute atomic E-state index is 0.109. The van der Waals surface area contributed by atoms with Crippen molar-refractivity contribution in [1.82, 2.24) is 10.0 Å². The van der Waals surface area contributed by atoms with Gasteiger partial charge in [-0.2, -0.15) is 0 Å². The van der Waals surface area contributed by atoms with Crippen molar-refractivity contribution in [2.45, 2.75) is 45.6 Å². The van der Waals surface area contributed by atoms with Crippen LogP contribution in [0, 0.1) is 0 Å². The van der Waals surface area contributed by atoms with Crippen LogP contribution < -0.4 is 10.0 Å². The van der Waals surface area contributed by atoms with Gasteiger partial charge in [-0.25, -0.2) is 17.9 Å². The van der Waals surface area contributed by atoms with Gasteiger partial charge in [0.1, 0.15) is 0 Å². The van der Waals surface area contributed by atoms with Crippen LogP contribution in [0.4, 0.5) is 4.79 Å². The summed E-state index contributed by atoms with van der Waals surface area (Å²) in [5.41, 5.74) is -0.308. The molecule has 0 aliphatic heterocycles. The zero-order valence-electron chi connectivity index (χ0n) is 11.6. The van der Waals surface area contributed by atoms with E-state index in [1.807, 2.05) is 20.8 Å². The second-order valence-electron chi connectivity index (χ2n) is 5.09. The Kier molecular flexibility index (Phi) is 7.23. The molecule has 7 heteroatoms. The van der Waals surface area contributed by atoms with E-state index in [2.05, 4.69) is 10.0 Å². The first-order chi connectivity index (χ1) is 8.16. The molecule has 0 spiro atoms. The van der Waals surface area contributed by atoms with Crippen molar-refractivity contribution in [1.29, 1.82) is 0 Å². The number of nitrogens with one attached hydrogen (secondary N) is 2. The maximum Gasteiger partial charge on any atom is 0.407 e. The molecule has 0 radical (unpaired) electrons. The van der Waals surface area contributed by atoms with E-state index in [1.54, 1.807) is 0 Å². The summed E-state index contributed by atoms with van der Waals surface area (Å²) in [7, 11) is -1.72. The molecular weight excluding hydrogens is 256 g/mol. The first-order valence-corrected chi connectivity index (χ1v) is 7.68. The summed E-state index contributed by atoms with van der Waals surface area (Å²) in [6.45, 7) is 5.92. The van der Waals surface area contributed by atoms with Crippen LogP contribution >= 0.6 is 0 Å². The molecule has 0 heterocycles. The van der Waals surface area contributed by atoms with Gasteiger partial charge in [-0.15, -0.1) is 0 Å². The Bertz CT molecular complexity index is 347. The number of carbonyl (C=O) groups excluding carboxylic acids is 1. The number of amides is 1. The molecule has 1 amide bonds. The van der Waals surface area contributed by atoms with Crippen molar-refractivity contribution in [2.24, 2.45) is 0 Å². The van der Waals surface area contributed by atoms with Crippen LogP contribution in [0.2, 0.25) is 0 Å². The molecule has 18 heavy (non-hydrogen) atoms.